The fraction of sp³-hybridized carbons (Fsp3) is 0.736. The Morgan fingerprint density at radius 3 is 1.91 bits per heavy atom. The van der Waals surface area contributed by atoms with Crippen LogP contribution in [0.25, 0.3) is 0 Å². The first-order chi connectivity index (χ1) is 35.9. The van der Waals surface area contributed by atoms with Gasteiger partial charge >= 0.3 is 11.9 Å². The fourth-order valence-corrected chi connectivity index (χ4v) is 9.68. The molecule has 0 amide bonds. The number of ether oxygens (including phenoxy) is 6. The second-order valence-corrected chi connectivity index (χ2v) is 20.7. The molecule has 1 unspecified atom stereocenters. The van der Waals surface area contributed by atoms with Crippen LogP contribution in [-0.2, 0) is 38.0 Å². The number of hydrogen-bond acceptors (Lipinski definition) is 22. The Morgan fingerprint density at radius 1 is 0.658 bits per heavy atom. The van der Waals surface area contributed by atoms with Gasteiger partial charge in [-0.25, -0.2) is 0 Å². The summed E-state index contributed by atoms with van der Waals surface area (Å²) < 4.78 is 35.3. The molecule has 0 aromatic heterocycles. The molecule has 16 N–H and O–H groups in total. The van der Waals surface area contributed by atoms with Crippen molar-refractivity contribution in [3.8, 4) is 0 Å². The second-order valence-electron chi connectivity index (χ2n) is 20.7. The predicted octanol–water partition coefficient (Wildman–Crippen LogP) is -1.24. The average molecular weight is 1090 g/mol. The van der Waals surface area contributed by atoms with Crippen LogP contribution in [0.1, 0.15) is 91.9 Å². The molecule has 2 bridgehead atoms. The Balaban J connectivity index is 1.56. The van der Waals surface area contributed by atoms with Crippen molar-refractivity contribution in [3.63, 3.8) is 0 Å². The summed E-state index contributed by atoms with van der Waals surface area (Å²) in [6.07, 6.45) is -7.30. The van der Waals surface area contributed by atoms with Crippen molar-refractivity contribution in [2.45, 2.75) is 220 Å². The highest BCUT2D eigenvalue weighted by Gasteiger charge is 2.52. The Kier molecular flexibility index (Phi) is 26.9. The maximum absolute atomic E-state index is 13.1. The Bertz CT molecular complexity index is 1930. The van der Waals surface area contributed by atoms with E-state index in [9.17, 15) is 81.1 Å². The van der Waals surface area contributed by atoms with Gasteiger partial charge in [0.05, 0.1) is 86.2 Å². The van der Waals surface area contributed by atoms with Crippen LogP contribution >= 0.6 is 0 Å². The number of hydrogen-bond donors (Lipinski definition) is 15. The molecule has 24 atom stereocenters. The molecule has 4 rings (SSSR count). The first-order valence-corrected chi connectivity index (χ1v) is 26.2. The number of aliphatic hydroxyl groups excluding tert-OH is 12. The molecule has 434 valence electrons. The molecular weight excluding hydrogens is 1000 g/mol. The quantitative estimate of drug-likeness (QED) is 0.138. The molecule has 0 radical (unpaired) electrons. The van der Waals surface area contributed by atoms with E-state index in [2.05, 4.69) is 0 Å². The molecule has 4 aliphatic heterocycles. The Morgan fingerprint density at radius 2 is 1.25 bits per heavy atom. The molecule has 3 saturated heterocycles. The highest BCUT2D eigenvalue weighted by Crippen LogP contribution is 2.38. The summed E-state index contributed by atoms with van der Waals surface area (Å²) in [7, 11) is 0. The molecule has 76 heavy (non-hydrogen) atoms. The SMILES string of the molecule is C[C@@H]1[C@H](OC2O[C@H](CO)[C@H](O)[C@H](O)[C@H]2O)[C@@H](C)/C=C/C=C/CC/C=C/C=C/C=C/C=C/[C@H](O[C@@H]2O[C@H](C)[C@@H](O)[C@H](N)[C@@H]2O)C[C@@H]2O[C@](O)(C[C@@H](O)[C@H](O)CC[C@@H](O)C[C@@H](O)C[C@@H](O)CC(=O)O[C@H]1C)C[C@H](O)[C@H]2C(=O)O. The zero-order valence-electron chi connectivity index (χ0n) is 43.6. The molecule has 0 saturated carbocycles. The molecule has 0 aromatic carbocycles. The smallest absolute Gasteiger partial charge is 0.311 e. The van der Waals surface area contributed by atoms with Crippen LogP contribution in [0.2, 0.25) is 0 Å². The van der Waals surface area contributed by atoms with E-state index >= 15 is 0 Å². The van der Waals surface area contributed by atoms with Crippen LogP contribution < -0.4 is 5.73 Å². The molecule has 3 fully saturated rings. The molecule has 0 aliphatic carbocycles. The van der Waals surface area contributed by atoms with Crippen LogP contribution in [0.3, 0.4) is 0 Å². The summed E-state index contributed by atoms with van der Waals surface area (Å²) in [6, 6.07) is -1.17. The van der Waals surface area contributed by atoms with Crippen LogP contribution in [0.4, 0.5) is 0 Å². The number of carboxylic acids is 1. The zero-order valence-corrected chi connectivity index (χ0v) is 43.6. The molecule has 4 aliphatic rings. The molecule has 0 aromatic rings. The third-order valence-corrected chi connectivity index (χ3v) is 14.3. The summed E-state index contributed by atoms with van der Waals surface area (Å²) >= 11 is 0. The van der Waals surface area contributed by atoms with Gasteiger partial charge in [0.2, 0.25) is 0 Å². The van der Waals surface area contributed by atoms with E-state index in [0.29, 0.717) is 12.8 Å². The van der Waals surface area contributed by atoms with Gasteiger partial charge in [0.25, 0.3) is 0 Å². The first kappa shape index (κ1) is 65.1. The fourth-order valence-electron chi connectivity index (χ4n) is 9.68. The number of carbonyl (C=O) groups excluding carboxylic acids is 1. The van der Waals surface area contributed by atoms with E-state index in [1.54, 1.807) is 50.3 Å². The molecular formula is C53H85NO22. The number of esters is 1. The van der Waals surface area contributed by atoms with Gasteiger partial charge in [0.15, 0.2) is 18.4 Å². The van der Waals surface area contributed by atoms with Gasteiger partial charge in [0, 0.05) is 31.1 Å². The Labute approximate surface area is 443 Å². The maximum Gasteiger partial charge on any atom is 0.311 e. The number of allylic oxidation sites excluding steroid dienone is 10. The van der Waals surface area contributed by atoms with Crippen molar-refractivity contribution < 1.29 is 110 Å². The number of fused-ring (bicyclic) bond motifs is 2. The number of aliphatic hydroxyl groups is 13. The second kappa shape index (κ2) is 31.4. The van der Waals surface area contributed by atoms with Crippen molar-refractivity contribution in [2.75, 3.05) is 6.61 Å². The van der Waals surface area contributed by atoms with E-state index in [0.717, 1.165) is 0 Å². The van der Waals surface area contributed by atoms with E-state index in [1.807, 2.05) is 37.3 Å². The molecule has 23 heteroatoms. The van der Waals surface area contributed by atoms with E-state index in [-0.39, 0.29) is 32.1 Å². The minimum atomic E-state index is -2.39. The van der Waals surface area contributed by atoms with Crippen molar-refractivity contribution in [1.82, 2.24) is 0 Å². The highest BCUT2D eigenvalue weighted by molar-refractivity contribution is 5.71. The summed E-state index contributed by atoms with van der Waals surface area (Å²) in [6.45, 7) is 5.96. The minimum Gasteiger partial charge on any atom is -0.481 e. The lowest BCUT2D eigenvalue weighted by Crippen LogP contribution is -2.61. The number of cyclic esters (lactones) is 1. The van der Waals surface area contributed by atoms with Gasteiger partial charge in [0.1, 0.15) is 42.5 Å². The van der Waals surface area contributed by atoms with Crippen LogP contribution in [0.15, 0.2) is 72.9 Å². The highest BCUT2D eigenvalue weighted by atomic mass is 16.7. The van der Waals surface area contributed by atoms with E-state index in [1.165, 1.54) is 13.0 Å². The molecule has 0 spiro atoms. The molecule has 4 heterocycles. The number of nitrogens with two attached hydrogens (primary N) is 1. The zero-order chi connectivity index (χ0) is 56.4. The summed E-state index contributed by atoms with van der Waals surface area (Å²) in [4.78, 5) is 25.6. The summed E-state index contributed by atoms with van der Waals surface area (Å²) in [5.41, 5.74) is 6.04. The number of carboxylic acid groups (broad SMARTS) is 1. The number of rotatable bonds is 6. The van der Waals surface area contributed by atoms with Crippen molar-refractivity contribution in [3.05, 3.63) is 72.9 Å². The van der Waals surface area contributed by atoms with Gasteiger partial charge in [-0.05, 0) is 52.4 Å². The van der Waals surface area contributed by atoms with Gasteiger partial charge in [-0.15, -0.1) is 0 Å². The standard InChI is InChI=1S/C53H85NO22/c1-28-17-15-13-11-9-7-5-6-8-10-12-14-16-18-35(73-51-46(65)43(54)44(63)31(4)72-51)24-39-42(50(68)69)38(61)26-53(70,76-39)25-37(60)36(59)20-19-32(56)21-33(57)22-34(58)23-41(62)71-30(3)29(2)49(28)75-52-48(67)47(66)45(64)40(27-55)74-52/h5-6,8,10-18,28-40,42-49,51-52,55-61,63-67,70H,7,9,19-27,54H2,1-4H3,(H,68,69)/b6-5+,10-8+,13-11+,14-12+,17-15+,18-16+/t28-,29-,30-,31+,32+,33+,34+,35-,36+,37+,38-,39-,40+,42+,43-,44+,45-,46-,47-,48+,49+,51-,52?,53+/m0/s1. The normalized spacial score (nSPS) is 46.6. The lowest BCUT2D eigenvalue weighted by atomic mass is 9.82. The van der Waals surface area contributed by atoms with Gasteiger partial charge in [-0.3, -0.25) is 9.59 Å². The largest absolute Gasteiger partial charge is 0.481 e. The summed E-state index contributed by atoms with van der Waals surface area (Å²) in [5.74, 6) is -7.38. The van der Waals surface area contributed by atoms with Gasteiger partial charge in [-0.1, -0.05) is 86.8 Å². The van der Waals surface area contributed by atoms with E-state index in [4.69, 9.17) is 34.2 Å². The first-order valence-electron chi connectivity index (χ1n) is 26.2. The van der Waals surface area contributed by atoms with Gasteiger partial charge in [-0.2, -0.15) is 0 Å². The van der Waals surface area contributed by atoms with Crippen LogP contribution in [0, 0.1) is 17.8 Å². The van der Waals surface area contributed by atoms with Crippen molar-refractivity contribution >= 4 is 11.9 Å². The number of carbonyl (C=O) groups is 2. The van der Waals surface area contributed by atoms with Crippen LogP contribution in [0.5, 0.6) is 0 Å². The predicted molar refractivity (Wildman–Crippen MR) is 270 cm³/mol. The van der Waals surface area contributed by atoms with E-state index < -0.39 is 184 Å². The summed E-state index contributed by atoms with van der Waals surface area (Å²) in [5, 5.41) is 150. The monoisotopic (exact) mass is 1090 g/mol. The third kappa shape index (κ3) is 19.8. The lowest BCUT2D eigenvalue weighted by molar-refractivity contribution is -0.318. The average Bonchev–Trinajstić information content (AvgIpc) is 3.34. The topological polar surface area (TPSA) is 399 Å². The number of aliphatic carboxylic acids is 1. The third-order valence-electron chi connectivity index (χ3n) is 14.3. The van der Waals surface area contributed by atoms with Crippen molar-refractivity contribution in [2.24, 2.45) is 23.5 Å². The lowest BCUT2D eigenvalue weighted by Gasteiger charge is -2.45. The van der Waals surface area contributed by atoms with Gasteiger partial charge < -0.3 is 106 Å². The van der Waals surface area contributed by atoms with Crippen LogP contribution in [-0.4, -0.2) is 218 Å². The minimum absolute atomic E-state index is 0.189. The Hall–Kier alpha value is -3.38. The maximum atomic E-state index is 13.1. The van der Waals surface area contributed by atoms with Crippen molar-refractivity contribution in [1.29, 1.82) is 0 Å². The molecule has 23 nitrogen and oxygen atoms in total.